The Morgan fingerprint density at radius 3 is 2.53 bits per heavy atom. The number of rotatable bonds is 2. The lowest BCUT2D eigenvalue weighted by Crippen LogP contribution is -2.17. The predicted molar refractivity (Wildman–Crippen MR) is 115 cm³/mol. The van der Waals surface area contributed by atoms with Crippen molar-refractivity contribution in [2.24, 2.45) is 11.1 Å². The maximum Gasteiger partial charge on any atom is 0.268 e. The molecule has 1 spiro atoms. The largest absolute Gasteiger partial charge is 0.364 e. The number of nitrogens with zero attached hydrogens (tertiary/aromatic N) is 1. The Kier molecular flexibility index (Phi) is 5.41. The Morgan fingerprint density at radius 2 is 1.90 bits per heavy atom. The summed E-state index contributed by atoms with van der Waals surface area (Å²) in [4.78, 5) is 29.0. The van der Waals surface area contributed by atoms with Gasteiger partial charge in [0.05, 0.1) is 10.9 Å². The number of primary amides is 1. The van der Waals surface area contributed by atoms with E-state index < -0.39 is 5.91 Å². The number of amides is 1. The Morgan fingerprint density at radius 1 is 1.17 bits per heavy atom. The summed E-state index contributed by atoms with van der Waals surface area (Å²) < 4.78 is 13.0. The van der Waals surface area contributed by atoms with Crippen LogP contribution < -0.4 is 11.2 Å². The number of carbonyl (C=O) groups is 1. The fourth-order valence-corrected chi connectivity index (χ4v) is 4.62. The highest BCUT2D eigenvalue weighted by atomic mass is 19.1. The summed E-state index contributed by atoms with van der Waals surface area (Å²) in [6, 6.07) is 8.24. The van der Waals surface area contributed by atoms with Crippen LogP contribution in [0.1, 0.15) is 66.1 Å². The fraction of sp³-hybridized carbons (Fsp3) is 0.375. The maximum absolute atomic E-state index is 13.0. The van der Waals surface area contributed by atoms with E-state index in [0.29, 0.717) is 11.4 Å². The summed E-state index contributed by atoms with van der Waals surface area (Å²) in [5, 5.41) is 0.238. The zero-order valence-corrected chi connectivity index (χ0v) is 17.1. The third kappa shape index (κ3) is 4.13. The quantitative estimate of drug-likeness (QED) is 0.651. The van der Waals surface area contributed by atoms with Gasteiger partial charge in [0, 0.05) is 18.5 Å². The molecule has 30 heavy (non-hydrogen) atoms. The number of nitrogens with one attached hydrogen (secondary N) is 1. The molecule has 6 heteroatoms. The standard InChI is InChI=1S/C15H19F.C9H7N3O2/c1-11-10-13(16)2-3-14(11)12-4-6-15(7-5-12)8-9-15;10-9(14)8-7-5(1-3-12-8)11-4-2-6(7)13/h2-3,10,12H,4-9H2,1H3;1-4H,(H2,10,14)(H,11,13). The van der Waals surface area contributed by atoms with Crippen LogP contribution >= 0.6 is 0 Å². The average molecular weight is 407 g/mol. The van der Waals surface area contributed by atoms with Crippen molar-refractivity contribution in [1.82, 2.24) is 9.97 Å². The summed E-state index contributed by atoms with van der Waals surface area (Å²) >= 11 is 0. The van der Waals surface area contributed by atoms with E-state index in [9.17, 15) is 14.0 Å². The number of aromatic nitrogens is 2. The first-order valence-corrected chi connectivity index (χ1v) is 10.4. The zero-order chi connectivity index (χ0) is 21.3. The number of fused-ring (bicyclic) bond motifs is 1. The lowest BCUT2D eigenvalue weighted by molar-refractivity contribution is 0.0997. The Bertz CT molecular complexity index is 1140. The van der Waals surface area contributed by atoms with Gasteiger partial charge in [0.2, 0.25) is 0 Å². The molecule has 0 unspecified atom stereocenters. The van der Waals surface area contributed by atoms with Crippen LogP contribution in [0.3, 0.4) is 0 Å². The van der Waals surface area contributed by atoms with E-state index in [2.05, 4.69) is 9.97 Å². The molecule has 5 rings (SSSR count). The number of halogens is 1. The van der Waals surface area contributed by atoms with Crippen LogP contribution in [0.5, 0.6) is 0 Å². The minimum atomic E-state index is -0.702. The molecule has 1 amide bonds. The number of aryl methyl sites for hydroxylation is 1. The fourth-order valence-electron chi connectivity index (χ4n) is 4.62. The highest BCUT2D eigenvalue weighted by Gasteiger charge is 2.44. The number of benzene rings is 1. The number of carbonyl (C=O) groups excluding carboxylic acids is 1. The van der Waals surface area contributed by atoms with Crippen molar-refractivity contribution in [1.29, 1.82) is 0 Å². The van der Waals surface area contributed by atoms with Crippen LogP contribution in [0.25, 0.3) is 10.9 Å². The van der Waals surface area contributed by atoms with E-state index in [1.807, 2.05) is 13.0 Å². The molecular weight excluding hydrogens is 381 g/mol. The third-order valence-electron chi connectivity index (χ3n) is 6.58. The monoisotopic (exact) mass is 407 g/mol. The van der Waals surface area contributed by atoms with Gasteiger partial charge in [-0.3, -0.25) is 14.6 Å². The molecule has 0 saturated heterocycles. The molecule has 5 nitrogen and oxygen atoms in total. The number of hydrogen-bond acceptors (Lipinski definition) is 3. The Labute approximate surface area is 174 Å². The maximum atomic E-state index is 13.0. The molecule has 2 aliphatic rings. The van der Waals surface area contributed by atoms with Crippen LogP contribution in [0.15, 0.2) is 47.5 Å². The van der Waals surface area contributed by atoms with Gasteiger partial charge in [-0.1, -0.05) is 6.07 Å². The minimum Gasteiger partial charge on any atom is -0.364 e. The predicted octanol–water partition coefficient (Wildman–Crippen LogP) is 4.59. The molecule has 3 N–H and O–H groups in total. The van der Waals surface area contributed by atoms with Crippen molar-refractivity contribution < 1.29 is 9.18 Å². The third-order valence-corrected chi connectivity index (χ3v) is 6.58. The van der Waals surface area contributed by atoms with Gasteiger partial charge in [-0.05, 0) is 86.1 Å². The highest BCUT2D eigenvalue weighted by molar-refractivity contribution is 6.03. The number of nitrogens with two attached hydrogens (primary N) is 1. The van der Waals surface area contributed by atoms with Crippen molar-refractivity contribution >= 4 is 16.8 Å². The molecule has 3 aromatic rings. The van der Waals surface area contributed by atoms with Gasteiger partial charge in [-0.25, -0.2) is 4.39 Å². The van der Waals surface area contributed by atoms with E-state index in [4.69, 9.17) is 5.73 Å². The smallest absolute Gasteiger partial charge is 0.268 e. The minimum absolute atomic E-state index is 0.00403. The Balaban J connectivity index is 0.000000147. The van der Waals surface area contributed by atoms with Crippen molar-refractivity contribution in [2.75, 3.05) is 0 Å². The van der Waals surface area contributed by atoms with Crippen LogP contribution in [-0.4, -0.2) is 15.9 Å². The molecule has 2 heterocycles. The molecule has 2 fully saturated rings. The molecule has 1 aromatic carbocycles. The van der Waals surface area contributed by atoms with E-state index >= 15 is 0 Å². The summed E-state index contributed by atoms with van der Waals surface area (Å²) in [5.74, 6) is -0.116. The van der Waals surface area contributed by atoms with E-state index in [-0.39, 0.29) is 22.3 Å². The summed E-state index contributed by atoms with van der Waals surface area (Å²) in [7, 11) is 0. The second kappa shape index (κ2) is 8.01. The van der Waals surface area contributed by atoms with Gasteiger partial charge < -0.3 is 10.7 Å². The number of pyridine rings is 2. The van der Waals surface area contributed by atoms with Gasteiger partial charge in [0.1, 0.15) is 11.5 Å². The van der Waals surface area contributed by atoms with Crippen molar-refractivity contribution in [3.05, 3.63) is 75.6 Å². The van der Waals surface area contributed by atoms with Gasteiger partial charge in [-0.15, -0.1) is 0 Å². The van der Waals surface area contributed by atoms with E-state index in [0.717, 1.165) is 11.0 Å². The van der Waals surface area contributed by atoms with Gasteiger partial charge in [0.15, 0.2) is 5.43 Å². The normalized spacial score (nSPS) is 17.4. The average Bonchev–Trinajstić information content (AvgIpc) is 3.48. The first-order valence-electron chi connectivity index (χ1n) is 10.4. The second-order valence-electron chi connectivity index (χ2n) is 8.56. The zero-order valence-electron chi connectivity index (χ0n) is 17.1. The lowest BCUT2D eigenvalue weighted by Gasteiger charge is -2.29. The van der Waals surface area contributed by atoms with E-state index in [1.165, 1.54) is 62.5 Å². The molecule has 0 atom stereocenters. The second-order valence-corrected chi connectivity index (χ2v) is 8.56. The van der Waals surface area contributed by atoms with Crippen LogP contribution in [-0.2, 0) is 0 Å². The highest BCUT2D eigenvalue weighted by Crippen LogP contribution is 2.58. The SMILES string of the molecule is Cc1cc(F)ccc1C1CCC2(CC1)CC2.NC(=O)c1nccc2[nH]ccc(=O)c12. The number of H-pyrrole nitrogens is 1. The van der Waals surface area contributed by atoms with Gasteiger partial charge in [0.25, 0.3) is 5.91 Å². The first kappa shape index (κ1) is 20.3. The van der Waals surface area contributed by atoms with Crippen molar-refractivity contribution in [3.63, 3.8) is 0 Å². The number of hydrogen-bond donors (Lipinski definition) is 2. The molecule has 2 aromatic heterocycles. The van der Waals surface area contributed by atoms with E-state index in [1.54, 1.807) is 18.2 Å². The van der Waals surface area contributed by atoms with Crippen LogP contribution in [0, 0.1) is 18.2 Å². The Hall–Kier alpha value is -3.02. The van der Waals surface area contributed by atoms with Gasteiger partial charge in [-0.2, -0.15) is 0 Å². The molecule has 156 valence electrons. The van der Waals surface area contributed by atoms with Gasteiger partial charge >= 0.3 is 0 Å². The lowest BCUT2D eigenvalue weighted by atomic mass is 9.76. The van der Waals surface area contributed by atoms with Crippen molar-refractivity contribution in [3.8, 4) is 0 Å². The molecule has 0 bridgehead atoms. The topological polar surface area (TPSA) is 88.8 Å². The molecule has 2 saturated carbocycles. The van der Waals surface area contributed by atoms with Crippen molar-refractivity contribution in [2.45, 2.75) is 51.4 Å². The summed E-state index contributed by atoms with van der Waals surface area (Å²) in [6.07, 6.45) is 11.3. The molecular formula is C24H26FN3O2. The molecule has 0 radical (unpaired) electrons. The van der Waals surface area contributed by atoms with Crippen LogP contribution in [0.2, 0.25) is 0 Å². The summed E-state index contributed by atoms with van der Waals surface area (Å²) in [5.41, 5.74) is 8.67. The number of aromatic amines is 1. The first-order chi connectivity index (χ1) is 14.4. The summed E-state index contributed by atoms with van der Waals surface area (Å²) in [6.45, 7) is 2.04. The molecule has 0 aliphatic heterocycles. The van der Waals surface area contributed by atoms with Crippen LogP contribution in [0.4, 0.5) is 4.39 Å². The molecule has 2 aliphatic carbocycles.